The molecule has 2 aromatic rings. The van der Waals surface area contributed by atoms with E-state index in [1.54, 1.807) is 12.1 Å². The second-order valence-corrected chi connectivity index (χ2v) is 9.85. The molecule has 2 aliphatic heterocycles. The normalized spacial score (nSPS) is 25.1. The van der Waals surface area contributed by atoms with Gasteiger partial charge in [-0.15, -0.1) is 0 Å². The first kappa shape index (κ1) is 22.1. The summed E-state index contributed by atoms with van der Waals surface area (Å²) < 4.78 is 13.5. The number of rotatable bonds is 6. The molecule has 2 saturated heterocycles. The van der Waals surface area contributed by atoms with E-state index in [-0.39, 0.29) is 29.7 Å². The Morgan fingerprint density at radius 3 is 2.21 bits per heavy atom. The van der Waals surface area contributed by atoms with Gasteiger partial charge in [0.1, 0.15) is 11.4 Å². The van der Waals surface area contributed by atoms with Crippen molar-refractivity contribution in [3.63, 3.8) is 0 Å². The van der Waals surface area contributed by atoms with Gasteiger partial charge in [0.15, 0.2) is 0 Å². The average Bonchev–Trinajstić information content (AvgIpc) is 3.43. The van der Waals surface area contributed by atoms with Gasteiger partial charge in [0, 0.05) is 19.0 Å². The van der Waals surface area contributed by atoms with Gasteiger partial charge in [-0.05, 0) is 68.0 Å². The van der Waals surface area contributed by atoms with Crippen LogP contribution in [-0.2, 0) is 17.8 Å². The fraction of sp³-hybridized carbons (Fsp3) is 0.481. The van der Waals surface area contributed by atoms with Crippen molar-refractivity contribution in [3.05, 3.63) is 71.5 Å². The average molecular weight is 450 g/mol. The number of benzene rings is 2. The van der Waals surface area contributed by atoms with Crippen LogP contribution in [0.25, 0.3) is 0 Å². The fourth-order valence-corrected chi connectivity index (χ4v) is 6.00. The number of piperidine rings is 1. The lowest BCUT2D eigenvalue weighted by Gasteiger charge is -2.41. The highest BCUT2D eigenvalue weighted by Gasteiger charge is 2.57. The van der Waals surface area contributed by atoms with Crippen LogP contribution in [0.2, 0.25) is 0 Å². The van der Waals surface area contributed by atoms with Gasteiger partial charge in [0.05, 0.1) is 0 Å². The van der Waals surface area contributed by atoms with Crippen LogP contribution in [0.4, 0.5) is 9.18 Å². The van der Waals surface area contributed by atoms with Crippen molar-refractivity contribution in [2.75, 3.05) is 13.1 Å². The third-order valence-electron chi connectivity index (χ3n) is 7.77. The van der Waals surface area contributed by atoms with Crippen LogP contribution in [-0.4, -0.2) is 46.4 Å². The first-order valence-corrected chi connectivity index (χ1v) is 12.2. The Kier molecular flexibility index (Phi) is 6.19. The zero-order valence-electron chi connectivity index (χ0n) is 19.0. The van der Waals surface area contributed by atoms with E-state index in [0.29, 0.717) is 6.42 Å². The second kappa shape index (κ2) is 9.26. The maximum Gasteiger partial charge on any atom is 0.325 e. The van der Waals surface area contributed by atoms with Crippen LogP contribution in [0.5, 0.6) is 0 Å². The molecular formula is C27H32FN3O2. The summed E-state index contributed by atoms with van der Waals surface area (Å²) >= 11 is 0. The molecule has 0 bridgehead atoms. The van der Waals surface area contributed by atoms with Crippen molar-refractivity contribution in [1.82, 2.24) is 15.1 Å². The maximum absolute atomic E-state index is 13.9. The third-order valence-corrected chi connectivity index (χ3v) is 7.77. The molecule has 5 nitrogen and oxygen atoms in total. The molecule has 0 spiro atoms. The molecule has 3 aliphatic rings. The fourth-order valence-electron chi connectivity index (χ4n) is 6.00. The molecule has 6 heteroatoms. The molecule has 2 aromatic carbocycles. The van der Waals surface area contributed by atoms with Gasteiger partial charge in [0.25, 0.3) is 5.91 Å². The van der Waals surface area contributed by atoms with Gasteiger partial charge in [-0.2, -0.15) is 0 Å². The Labute approximate surface area is 195 Å². The van der Waals surface area contributed by atoms with Crippen LogP contribution in [0.15, 0.2) is 54.6 Å². The van der Waals surface area contributed by atoms with E-state index in [9.17, 15) is 14.0 Å². The van der Waals surface area contributed by atoms with Crippen molar-refractivity contribution in [1.29, 1.82) is 0 Å². The van der Waals surface area contributed by atoms with Crippen LogP contribution in [0.1, 0.15) is 49.7 Å². The molecule has 1 aliphatic carbocycles. The molecule has 2 heterocycles. The third kappa shape index (κ3) is 4.41. The number of hydrogen-bond acceptors (Lipinski definition) is 3. The number of carbonyl (C=O) groups is 2. The van der Waals surface area contributed by atoms with Crippen molar-refractivity contribution in [3.8, 4) is 0 Å². The maximum atomic E-state index is 13.9. The van der Waals surface area contributed by atoms with Crippen molar-refractivity contribution in [2.45, 2.75) is 63.1 Å². The van der Waals surface area contributed by atoms with Crippen LogP contribution >= 0.6 is 0 Å². The first-order valence-electron chi connectivity index (χ1n) is 12.2. The number of carbonyl (C=O) groups excluding carboxylic acids is 2. The minimum Gasteiger partial charge on any atom is -0.322 e. The summed E-state index contributed by atoms with van der Waals surface area (Å²) in [6.45, 7) is 2.67. The lowest BCUT2D eigenvalue weighted by Crippen LogP contribution is -2.57. The van der Waals surface area contributed by atoms with Crippen LogP contribution in [0.3, 0.4) is 0 Å². The highest BCUT2D eigenvalue weighted by Crippen LogP contribution is 2.39. The molecule has 1 saturated carbocycles. The van der Waals surface area contributed by atoms with Gasteiger partial charge in [-0.25, -0.2) is 9.18 Å². The van der Waals surface area contributed by atoms with E-state index in [2.05, 4.69) is 34.5 Å². The molecule has 3 amide bonds. The van der Waals surface area contributed by atoms with E-state index in [1.807, 2.05) is 6.07 Å². The summed E-state index contributed by atoms with van der Waals surface area (Å²) in [5.41, 5.74) is 1.22. The van der Waals surface area contributed by atoms with E-state index in [4.69, 9.17) is 0 Å². The van der Waals surface area contributed by atoms with Gasteiger partial charge in [-0.1, -0.05) is 55.3 Å². The number of halogens is 1. The van der Waals surface area contributed by atoms with Gasteiger partial charge in [0.2, 0.25) is 0 Å². The molecule has 0 radical (unpaired) electrons. The summed E-state index contributed by atoms with van der Waals surface area (Å²) in [5.74, 6) is -0.320. The zero-order valence-corrected chi connectivity index (χ0v) is 19.0. The summed E-state index contributed by atoms with van der Waals surface area (Å²) in [5, 5.41) is 3.17. The first-order chi connectivity index (χ1) is 16.0. The minimum atomic E-state index is -0.948. The Morgan fingerprint density at radius 2 is 1.55 bits per heavy atom. The summed E-state index contributed by atoms with van der Waals surface area (Å²) in [6.07, 6.45) is 6.00. The molecule has 1 N–H and O–H groups in total. The quantitative estimate of drug-likeness (QED) is 0.660. The Bertz CT molecular complexity index is 982. The van der Waals surface area contributed by atoms with E-state index < -0.39 is 5.54 Å². The smallest absolute Gasteiger partial charge is 0.322 e. The molecule has 33 heavy (non-hydrogen) atoms. The van der Waals surface area contributed by atoms with E-state index in [1.165, 1.54) is 22.6 Å². The second-order valence-electron chi connectivity index (χ2n) is 9.85. The molecule has 1 atom stereocenters. The summed E-state index contributed by atoms with van der Waals surface area (Å²) in [6, 6.07) is 16.5. The monoisotopic (exact) mass is 449 g/mol. The Balaban J connectivity index is 1.37. The molecular weight excluding hydrogens is 417 g/mol. The molecule has 0 aromatic heterocycles. The number of amides is 3. The number of likely N-dealkylation sites (tertiary alicyclic amines) is 1. The SMILES string of the molecule is O=C1N[C@](Cc2ccc(F)cc2)(C2CCN(Cc3ccccc3)CC2)C(=O)N1C1CCCC1. The number of imide groups is 1. The summed E-state index contributed by atoms with van der Waals surface area (Å²) in [4.78, 5) is 31.0. The predicted molar refractivity (Wildman–Crippen MR) is 125 cm³/mol. The highest BCUT2D eigenvalue weighted by molar-refractivity contribution is 6.07. The number of hydrogen-bond donors (Lipinski definition) is 1. The number of nitrogens with one attached hydrogen (secondary N) is 1. The lowest BCUT2D eigenvalue weighted by atomic mass is 9.73. The van der Waals surface area contributed by atoms with Crippen molar-refractivity contribution < 1.29 is 14.0 Å². The van der Waals surface area contributed by atoms with Gasteiger partial charge < -0.3 is 5.32 Å². The standard InChI is InChI=1S/C27H32FN3O2/c28-23-12-10-20(11-13-23)18-27(25(32)31(26(33)29-27)24-8-4-5-9-24)22-14-16-30(17-15-22)19-21-6-2-1-3-7-21/h1-3,6-7,10-13,22,24H,4-5,8-9,14-19H2,(H,29,33)/t27-/m1/s1. The van der Waals surface area contributed by atoms with E-state index in [0.717, 1.165) is 63.7 Å². The minimum absolute atomic E-state index is 0.00534. The van der Waals surface area contributed by atoms with Crippen LogP contribution in [0, 0.1) is 11.7 Å². The number of nitrogens with zero attached hydrogens (tertiary/aromatic N) is 2. The largest absolute Gasteiger partial charge is 0.325 e. The molecule has 3 fully saturated rings. The van der Waals surface area contributed by atoms with Gasteiger partial charge >= 0.3 is 6.03 Å². The van der Waals surface area contributed by atoms with Crippen molar-refractivity contribution >= 4 is 11.9 Å². The van der Waals surface area contributed by atoms with Crippen LogP contribution < -0.4 is 5.32 Å². The van der Waals surface area contributed by atoms with E-state index >= 15 is 0 Å². The molecule has 0 unspecified atom stereocenters. The molecule has 174 valence electrons. The predicted octanol–water partition coefficient (Wildman–Crippen LogP) is 4.51. The van der Waals surface area contributed by atoms with Crippen molar-refractivity contribution in [2.24, 2.45) is 5.92 Å². The molecule has 5 rings (SSSR count). The topological polar surface area (TPSA) is 52.7 Å². The highest BCUT2D eigenvalue weighted by atomic mass is 19.1. The Hall–Kier alpha value is -2.73. The summed E-state index contributed by atoms with van der Waals surface area (Å²) in [7, 11) is 0. The number of urea groups is 1. The Morgan fingerprint density at radius 1 is 0.879 bits per heavy atom. The van der Waals surface area contributed by atoms with Gasteiger partial charge in [-0.3, -0.25) is 14.6 Å². The zero-order chi connectivity index (χ0) is 22.8. The lowest BCUT2D eigenvalue weighted by molar-refractivity contribution is -0.135.